The zero-order chi connectivity index (χ0) is 12.0. The summed E-state index contributed by atoms with van der Waals surface area (Å²) >= 11 is 5.71. The highest BCUT2D eigenvalue weighted by Crippen LogP contribution is 2.08. The molecule has 0 saturated carbocycles. The van der Waals surface area contributed by atoms with E-state index in [-0.39, 0.29) is 0 Å². The Bertz CT molecular complexity index is 376. The fourth-order valence-corrected chi connectivity index (χ4v) is 1.23. The van der Waals surface area contributed by atoms with Gasteiger partial charge in [-0.2, -0.15) is 0 Å². The highest BCUT2D eigenvalue weighted by atomic mass is 35.5. The average molecular weight is 241 g/mol. The number of carbonyl (C=O) groups excluding carboxylic acids is 2. The minimum Gasteiger partial charge on any atom is -0.348 e. The van der Waals surface area contributed by atoms with E-state index in [4.69, 9.17) is 11.6 Å². The fourth-order valence-electron chi connectivity index (χ4n) is 1.11. The van der Waals surface area contributed by atoms with E-state index in [1.807, 2.05) is 0 Å². The summed E-state index contributed by atoms with van der Waals surface area (Å²) in [6.07, 6.45) is 0. The lowest BCUT2D eigenvalue weighted by Gasteiger charge is -2.05. The predicted octanol–water partition coefficient (Wildman–Crippen LogP) is 1.09. The molecular formula is C11H13ClN2O2. The standard InChI is InChI=1S/C11H13ClN2O2/c1-2-13-10(15)11(16)14-7-8-3-5-9(12)6-4-8/h3-6H,2,7H2,1H3,(H,13,15)(H,14,16). The van der Waals surface area contributed by atoms with Crippen LogP contribution in [0.1, 0.15) is 12.5 Å². The Morgan fingerprint density at radius 1 is 1.12 bits per heavy atom. The van der Waals surface area contributed by atoms with Crippen molar-refractivity contribution in [3.05, 3.63) is 34.9 Å². The van der Waals surface area contributed by atoms with E-state index in [1.165, 1.54) is 0 Å². The first kappa shape index (κ1) is 12.5. The topological polar surface area (TPSA) is 58.2 Å². The van der Waals surface area contributed by atoms with E-state index in [9.17, 15) is 9.59 Å². The molecule has 2 N–H and O–H groups in total. The summed E-state index contributed by atoms with van der Waals surface area (Å²) in [5.74, 6) is -1.24. The van der Waals surface area contributed by atoms with E-state index in [2.05, 4.69) is 10.6 Å². The Labute approximate surface area is 99.0 Å². The largest absolute Gasteiger partial charge is 0.348 e. The molecule has 4 nitrogen and oxygen atoms in total. The van der Waals surface area contributed by atoms with Crippen molar-refractivity contribution in [2.45, 2.75) is 13.5 Å². The molecule has 0 heterocycles. The summed E-state index contributed by atoms with van der Waals surface area (Å²) in [6, 6.07) is 7.05. The second-order valence-electron chi connectivity index (χ2n) is 3.17. The molecule has 0 radical (unpaired) electrons. The Morgan fingerprint density at radius 3 is 2.25 bits per heavy atom. The smallest absolute Gasteiger partial charge is 0.309 e. The van der Waals surface area contributed by atoms with Crippen molar-refractivity contribution in [1.82, 2.24) is 10.6 Å². The first-order valence-corrected chi connectivity index (χ1v) is 5.31. The second kappa shape index (κ2) is 6.12. The van der Waals surface area contributed by atoms with E-state index < -0.39 is 11.8 Å². The van der Waals surface area contributed by atoms with Gasteiger partial charge in [-0.3, -0.25) is 9.59 Å². The molecule has 0 atom stereocenters. The van der Waals surface area contributed by atoms with Gasteiger partial charge in [-0.05, 0) is 24.6 Å². The first-order chi connectivity index (χ1) is 7.63. The van der Waals surface area contributed by atoms with Gasteiger partial charge in [0.25, 0.3) is 0 Å². The van der Waals surface area contributed by atoms with Gasteiger partial charge in [-0.25, -0.2) is 0 Å². The number of benzene rings is 1. The summed E-state index contributed by atoms with van der Waals surface area (Å²) in [5.41, 5.74) is 0.891. The second-order valence-corrected chi connectivity index (χ2v) is 3.61. The lowest BCUT2D eigenvalue weighted by Crippen LogP contribution is -2.39. The maximum Gasteiger partial charge on any atom is 0.309 e. The third-order valence-electron chi connectivity index (χ3n) is 1.91. The number of rotatable bonds is 3. The molecule has 2 amide bonds. The van der Waals surface area contributed by atoms with Gasteiger partial charge in [0.1, 0.15) is 0 Å². The van der Waals surface area contributed by atoms with E-state index in [1.54, 1.807) is 31.2 Å². The Hall–Kier alpha value is -1.55. The predicted molar refractivity (Wildman–Crippen MR) is 62.0 cm³/mol. The Morgan fingerprint density at radius 2 is 1.69 bits per heavy atom. The summed E-state index contributed by atoms with van der Waals surface area (Å²) in [7, 11) is 0. The lowest BCUT2D eigenvalue weighted by atomic mass is 10.2. The molecule has 86 valence electrons. The fraction of sp³-hybridized carbons (Fsp3) is 0.273. The molecule has 1 aromatic carbocycles. The van der Waals surface area contributed by atoms with Crippen LogP contribution in [0.2, 0.25) is 5.02 Å². The van der Waals surface area contributed by atoms with Crippen LogP contribution in [0.3, 0.4) is 0 Å². The van der Waals surface area contributed by atoms with Crippen LogP contribution in [-0.4, -0.2) is 18.4 Å². The number of amides is 2. The molecule has 1 aromatic rings. The van der Waals surface area contributed by atoms with Crippen molar-refractivity contribution in [3.63, 3.8) is 0 Å². The minimum absolute atomic E-state index is 0.313. The minimum atomic E-state index is -0.628. The van der Waals surface area contributed by atoms with Gasteiger partial charge < -0.3 is 10.6 Å². The third-order valence-corrected chi connectivity index (χ3v) is 2.16. The number of likely N-dealkylation sites (N-methyl/N-ethyl adjacent to an activating group) is 1. The summed E-state index contributed by atoms with van der Waals surface area (Å²) in [6.45, 7) is 2.50. The molecule has 0 aliphatic heterocycles. The van der Waals surface area contributed by atoms with Crippen molar-refractivity contribution in [2.24, 2.45) is 0 Å². The van der Waals surface area contributed by atoms with Gasteiger partial charge in [0.15, 0.2) is 0 Å². The molecule has 0 fully saturated rings. The summed E-state index contributed by atoms with van der Waals surface area (Å²) in [5, 5.41) is 5.57. The molecular weight excluding hydrogens is 228 g/mol. The molecule has 5 heteroatoms. The van der Waals surface area contributed by atoms with Crippen LogP contribution in [0.15, 0.2) is 24.3 Å². The van der Waals surface area contributed by atoms with Crippen LogP contribution in [-0.2, 0) is 16.1 Å². The van der Waals surface area contributed by atoms with Crippen molar-refractivity contribution < 1.29 is 9.59 Å². The molecule has 0 spiro atoms. The number of hydrogen-bond donors (Lipinski definition) is 2. The van der Waals surface area contributed by atoms with Crippen LogP contribution < -0.4 is 10.6 Å². The molecule has 0 saturated heterocycles. The van der Waals surface area contributed by atoms with Gasteiger partial charge in [0.05, 0.1) is 0 Å². The van der Waals surface area contributed by atoms with Gasteiger partial charge >= 0.3 is 11.8 Å². The zero-order valence-corrected chi connectivity index (χ0v) is 9.67. The Balaban J connectivity index is 2.42. The van der Waals surface area contributed by atoms with Crippen molar-refractivity contribution in [3.8, 4) is 0 Å². The third kappa shape index (κ3) is 3.90. The average Bonchev–Trinajstić information content (AvgIpc) is 2.28. The summed E-state index contributed by atoms with van der Waals surface area (Å²) < 4.78 is 0. The normalized spacial score (nSPS) is 9.62. The van der Waals surface area contributed by atoms with Crippen molar-refractivity contribution >= 4 is 23.4 Å². The van der Waals surface area contributed by atoms with Crippen LogP contribution in [0.4, 0.5) is 0 Å². The van der Waals surface area contributed by atoms with Crippen molar-refractivity contribution in [2.75, 3.05) is 6.54 Å². The van der Waals surface area contributed by atoms with Gasteiger partial charge in [0, 0.05) is 18.1 Å². The molecule has 16 heavy (non-hydrogen) atoms. The van der Waals surface area contributed by atoms with Crippen LogP contribution in [0.5, 0.6) is 0 Å². The van der Waals surface area contributed by atoms with Gasteiger partial charge in [-0.15, -0.1) is 0 Å². The van der Waals surface area contributed by atoms with Crippen LogP contribution in [0, 0.1) is 0 Å². The molecule has 0 aliphatic carbocycles. The molecule has 0 aliphatic rings. The monoisotopic (exact) mass is 240 g/mol. The van der Waals surface area contributed by atoms with E-state index in [0.29, 0.717) is 18.1 Å². The first-order valence-electron chi connectivity index (χ1n) is 4.94. The molecule has 1 rings (SSSR count). The number of halogens is 1. The molecule has 0 aromatic heterocycles. The lowest BCUT2D eigenvalue weighted by molar-refractivity contribution is -0.139. The van der Waals surface area contributed by atoms with E-state index in [0.717, 1.165) is 5.56 Å². The quantitative estimate of drug-likeness (QED) is 0.778. The highest BCUT2D eigenvalue weighted by Gasteiger charge is 2.10. The van der Waals surface area contributed by atoms with Gasteiger partial charge in [-0.1, -0.05) is 23.7 Å². The summed E-state index contributed by atoms with van der Waals surface area (Å²) in [4.78, 5) is 22.3. The van der Waals surface area contributed by atoms with Crippen LogP contribution >= 0.6 is 11.6 Å². The van der Waals surface area contributed by atoms with Gasteiger partial charge in [0.2, 0.25) is 0 Å². The maximum atomic E-state index is 11.2. The van der Waals surface area contributed by atoms with E-state index >= 15 is 0 Å². The Kier molecular flexibility index (Phi) is 4.79. The molecule has 0 unspecified atom stereocenters. The maximum absolute atomic E-state index is 11.2. The number of carbonyl (C=O) groups is 2. The number of hydrogen-bond acceptors (Lipinski definition) is 2. The zero-order valence-electron chi connectivity index (χ0n) is 8.92. The van der Waals surface area contributed by atoms with Crippen molar-refractivity contribution in [1.29, 1.82) is 0 Å². The molecule has 0 bridgehead atoms. The van der Waals surface area contributed by atoms with Crippen LogP contribution in [0.25, 0.3) is 0 Å². The number of nitrogens with one attached hydrogen (secondary N) is 2. The SMILES string of the molecule is CCNC(=O)C(=O)NCc1ccc(Cl)cc1. The highest BCUT2D eigenvalue weighted by molar-refractivity contribution is 6.35.